The van der Waals surface area contributed by atoms with E-state index in [9.17, 15) is 4.79 Å². The van der Waals surface area contributed by atoms with E-state index in [2.05, 4.69) is 10.2 Å². The maximum Gasteiger partial charge on any atom is 0.241 e. The van der Waals surface area contributed by atoms with Crippen molar-refractivity contribution in [3.8, 4) is 5.75 Å². The molecule has 2 aliphatic rings. The minimum atomic E-state index is -0.542. The van der Waals surface area contributed by atoms with Gasteiger partial charge in [-0.3, -0.25) is 4.79 Å². The summed E-state index contributed by atoms with van der Waals surface area (Å²) in [6.45, 7) is 5.71. The predicted molar refractivity (Wildman–Crippen MR) is 115 cm³/mol. The van der Waals surface area contributed by atoms with Gasteiger partial charge in [0.05, 0.1) is 33.4 Å². The highest BCUT2D eigenvalue weighted by atomic mass is 16.7. The number of amides is 1. The van der Waals surface area contributed by atoms with E-state index in [0.29, 0.717) is 19.8 Å². The van der Waals surface area contributed by atoms with Gasteiger partial charge in [0.2, 0.25) is 5.91 Å². The summed E-state index contributed by atoms with van der Waals surface area (Å²) in [4.78, 5) is 20.8. The summed E-state index contributed by atoms with van der Waals surface area (Å²) in [6, 6.07) is 7.87. The molecule has 0 radical (unpaired) electrons. The van der Waals surface area contributed by atoms with Crippen molar-refractivity contribution in [2.24, 2.45) is 10.9 Å². The Morgan fingerprint density at radius 2 is 2.00 bits per heavy atom. The van der Waals surface area contributed by atoms with Crippen molar-refractivity contribution >= 4 is 11.9 Å². The third kappa shape index (κ3) is 5.64. The summed E-state index contributed by atoms with van der Waals surface area (Å²) in [6.07, 6.45) is 2.08. The molecule has 0 bridgehead atoms. The Balaban J connectivity index is 1.72. The first-order valence-electron chi connectivity index (χ1n) is 10.6. The lowest BCUT2D eigenvalue weighted by Crippen LogP contribution is -2.53. The third-order valence-electron chi connectivity index (χ3n) is 5.79. The first kappa shape index (κ1) is 22.4. The molecule has 0 aromatic heterocycles. The SMILES string of the molecule is COc1ccc(CN=C(NCC(=O)N(C)C)N2CCCC(C3(C)OCCO3)C2)cc1. The molecule has 1 atom stereocenters. The van der Waals surface area contributed by atoms with Crippen molar-refractivity contribution in [2.45, 2.75) is 32.1 Å². The maximum absolute atomic E-state index is 12.1. The fraction of sp³-hybridized carbons (Fsp3) is 0.636. The third-order valence-corrected chi connectivity index (χ3v) is 5.79. The molecule has 2 heterocycles. The standard InChI is InChI=1S/C22H34N4O4/c1-22(29-12-13-30-22)18-6-5-11-26(16-18)21(24-15-20(27)25(2)3)23-14-17-7-9-19(28-4)10-8-17/h7-10,18H,5-6,11-16H2,1-4H3,(H,23,24). The molecule has 1 aromatic rings. The van der Waals surface area contributed by atoms with Crippen molar-refractivity contribution in [1.29, 1.82) is 0 Å². The van der Waals surface area contributed by atoms with Crippen LogP contribution in [0.3, 0.4) is 0 Å². The molecular formula is C22H34N4O4. The van der Waals surface area contributed by atoms with Crippen LogP contribution in [0.15, 0.2) is 29.3 Å². The Bertz CT molecular complexity index is 729. The van der Waals surface area contributed by atoms with Crippen molar-refractivity contribution in [3.05, 3.63) is 29.8 Å². The number of rotatable bonds is 6. The molecule has 1 aromatic carbocycles. The lowest BCUT2D eigenvalue weighted by atomic mass is 9.90. The minimum Gasteiger partial charge on any atom is -0.497 e. The van der Waals surface area contributed by atoms with Gasteiger partial charge in [0.15, 0.2) is 11.7 Å². The number of ether oxygens (including phenoxy) is 3. The molecule has 8 heteroatoms. The fourth-order valence-electron chi connectivity index (χ4n) is 3.84. The van der Waals surface area contributed by atoms with E-state index < -0.39 is 5.79 Å². The van der Waals surface area contributed by atoms with Gasteiger partial charge in [0, 0.05) is 33.1 Å². The Hall–Kier alpha value is -2.32. The van der Waals surface area contributed by atoms with E-state index in [-0.39, 0.29) is 18.4 Å². The monoisotopic (exact) mass is 418 g/mol. The molecule has 1 unspecified atom stereocenters. The van der Waals surface area contributed by atoms with Crippen LogP contribution in [-0.2, 0) is 20.8 Å². The zero-order valence-electron chi connectivity index (χ0n) is 18.5. The predicted octanol–water partition coefficient (Wildman–Crippen LogP) is 1.70. The van der Waals surface area contributed by atoms with Crippen LogP contribution in [-0.4, -0.2) is 81.5 Å². The summed E-state index contributed by atoms with van der Waals surface area (Å²) in [5, 5.41) is 3.27. The maximum atomic E-state index is 12.1. The van der Waals surface area contributed by atoms with E-state index in [1.165, 1.54) is 0 Å². The summed E-state index contributed by atoms with van der Waals surface area (Å²) in [5.41, 5.74) is 1.08. The zero-order chi connectivity index (χ0) is 21.6. The number of nitrogens with zero attached hydrogens (tertiary/aromatic N) is 3. The number of methoxy groups -OCH3 is 1. The Labute approximate surface area is 179 Å². The van der Waals surface area contributed by atoms with E-state index in [0.717, 1.165) is 43.2 Å². The molecule has 1 N–H and O–H groups in total. The molecular weight excluding hydrogens is 384 g/mol. The number of carbonyl (C=O) groups excluding carboxylic acids is 1. The first-order chi connectivity index (χ1) is 14.4. The quantitative estimate of drug-likeness (QED) is 0.560. The number of hydrogen-bond acceptors (Lipinski definition) is 5. The number of nitrogens with one attached hydrogen (secondary N) is 1. The van der Waals surface area contributed by atoms with Crippen molar-refractivity contribution in [1.82, 2.24) is 15.1 Å². The van der Waals surface area contributed by atoms with Crippen molar-refractivity contribution in [3.63, 3.8) is 0 Å². The van der Waals surface area contributed by atoms with Gasteiger partial charge in [-0.05, 0) is 37.5 Å². The molecule has 3 rings (SSSR count). The van der Waals surface area contributed by atoms with Gasteiger partial charge in [-0.25, -0.2) is 4.99 Å². The van der Waals surface area contributed by atoms with Crippen molar-refractivity contribution in [2.75, 3.05) is 54.1 Å². The largest absolute Gasteiger partial charge is 0.497 e. The second kappa shape index (κ2) is 10.1. The lowest BCUT2D eigenvalue weighted by molar-refractivity contribution is -0.189. The molecule has 2 aliphatic heterocycles. The van der Waals surface area contributed by atoms with Gasteiger partial charge in [0.25, 0.3) is 0 Å². The highest BCUT2D eigenvalue weighted by Crippen LogP contribution is 2.34. The number of likely N-dealkylation sites (tertiary alicyclic amines) is 1. The smallest absolute Gasteiger partial charge is 0.241 e. The number of aliphatic imine (C=N–C) groups is 1. The molecule has 2 fully saturated rings. The van der Waals surface area contributed by atoms with Crippen LogP contribution >= 0.6 is 0 Å². The van der Waals surface area contributed by atoms with E-state index in [4.69, 9.17) is 19.2 Å². The molecule has 2 saturated heterocycles. The Kier molecular flexibility index (Phi) is 7.55. The normalized spacial score (nSPS) is 21.4. The number of carbonyl (C=O) groups is 1. The van der Waals surface area contributed by atoms with Crippen LogP contribution < -0.4 is 10.1 Å². The molecule has 1 amide bonds. The number of benzene rings is 1. The highest BCUT2D eigenvalue weighted by molar-refractivity contribution is 5.86. The molecule has 166 valence electrons. The molecule has 30 heavy (non-hydrogen) atoms. The van der Waals surface area contributed by atoms with Crippen molar-refractivity contribution < 1.29 is 19.0 Å². The zero-order valence-corrected chi connectivity index (χ0v) is 18.5. The van der Waals surface area contributed by atoms with E-state index in [1.807, 2.05) is 31.2 Å². The summed E-state index contributed by atoms with van der Waals surface area (Å²) in [7, 11) is 5.16. The number of hydrogen-bond donors (Lipinski definition) is 1. The number of guanidine groups is 1. The minimum absolute atomic E-state index is 0.00938. The van der Waals surface area contributed by atoms with Crippen LogP contribution in [0.4, 0.5) is 0 Å². The van der Waals surface area contributed by atoms with E-state index >= 15 is 0 Å². The van der Waals surface area contributed by atoms with Gasteiger partial charge in [-0.15, -0.1) is 0 Å². The molecule has 0 saturated carbocycles. The fourth-order valence-corrected chi connectivity index (χ4v) is 3.84. The van der Waals surface area contributed by atoms with Crippen LogP contribution in [0.1, 0.15) is 25.3 Å². The molecule has 0 aliphatic carbocycles. The number of piperidine rings is 1. The average molecular weight is 419 g/mol. The van der Waals surface area contributed by atoms with E-state index in [1.54, 1.807) is 26.1 Å². The van der Waals surface area contributed by atoms with Crippen LogP contribution in [0, 0.1) is 5.92 Å². The van der Waals surface area contributed by atoms with Crippen LogP contribution in [0.5, 0.6) is 5.75 Å². The Morgan fingerprint density at radius 1 is 1.30 bits per heavy atom. The highest BCUT2D eigenvalue weighted by Gasteiger charge is 2.42. The summed E-state index contributed by atoms with van der Waals surface area (Å²) < 4.78 is 17.0. The van der Waals surface area contributed by atoms with Gasteiger partial charge in [-0.1, -0.05) is 12.1 Å². The summed E-state index contributed by atoms with van der Waals surface area (Å²) in [5.74, 6) is 1.29. The Morgan fingerprint density at radius 3 is 2.63 bits per heavy atom. The first-order valence-corrected chi connectivity index (χ1v) is 10.6. The molecule has 0 spiro atoms. The molecule has 8 nitrogen and oxygen atoms in total. The second-order valence-corrected chi connectivity index (χ2v) is 8.13. The van der Waals surface area contributed by atoms with Gasteiger partial charge < -0.3 is 29.3 Å². The summed E-state index contributed by atoms with van der Waals surface area (Å²) >= 11 is 0. The van der Waals surface area contributed by atoms with Crippen LogP contribution in [0.25, 0.3) is 0 Å². The van der Waals surface area contributed by atoms with Gasteiger partial charge in [-0.2, -0.15) is 0 Å². The van der Waals surface area contributed by atoms with Gasteiger partial charge in [0.1, 0.15) is 5.75 Å². The second-order valence-electron chi connectivity index (χ2n) is 8.13. The topological polar surface area (TPSA) is 75.6 Å². The van der Waals surface area contributed by atoms with Crippen LogP contribution in [0.2, 0.25) is 0 Å². The number of likely N-dealkylation sites (N-methyl/N-ethyl adjacent to an activating group) is 1. The lowest BCUT2D eigenvalue weighted by Gasteiger charge is -2.41. The van der Waals surface area contributed by atoms with Gasteiger partial charge >= 0.3 is 0 Å². The average Bonchev–Trinajstić information content (AvgIpc) is 3.22.